The number of amides is 1. The lowest BCUT2D eigenvalue weighted by Crippen LogP contribution is -2.68. The van der Waals surface area contributed by atoms with Crippen molar-refractivity contribution in [1.29, 1.82) is 0 Å². The molecule has 2 heterocycles. The first-order valence-electron chi connectivity index (χ1n) is 10.4. The third-order valence-electron chi connectivity index (χ3n) is 6.53. The predicted octanol–water partition coefficient (Wildman–Crippen LogP) is 3.99. The van der Waals surface area contributed by atoms with Crippen molar-refractivity contribution in [3.05, 3.63) is 75.5 Å². The Morgan fingerprint density at radius 1 is 1.23 bits per heavy atom. The molecular formula is C24H24FN3O2. The van der Waals surface area contributed by atoms with Gasteiger partial charge in [-0.3, -0.25) is 14.2 Å². The fourth-order valence-electron chi connectivity index (χ4n) is 4.62. The minimum Gasteiger partial charge on any atom is -0.346 e. The zero-order valence-electron chi connectivity index (χ0n) is 17.1. The highest BCUT2D eigenvalue weighted by atomic mass is 19.1. The third-order valence-corrected chi connectivity index (χ3v) is 6.53. The molecule has 5 nitrogen and oxygen atoms in total. The Morgan fingerprint density at radius 3 is 2.53 bits per heavy atom. The molecule has 2 aromatic heterocycles. The van der Waals surface area contributed by atoms with Crippen molar-refractivity contribution in [2.75, 3.05) is 0 Å². The molecule has 0 radical (unpaired) electrons. The number of fused-ring (bicyclic) bond motifs is 1. The molecular weight excluding hydrogens is 381 g/mol. The molecule has 30 heavy (non-hydrogen) atoms. The maximum atomic E-state index is 13.3. The van der Waals surface area contributed by atoms with Crippen LogP contribution in [0.3, 0.4) is 0 Å². The van der Waals surface area contributed by atoms with Crippen LogP contribution < -0.4 is 10.9 Å². The topological polar surface area (TPSA) is 64.0 Å². The lowest BCUT2D eigenvalue weighted by molar-refractivity contribution is -0.0438. The van der Waals surface area contributed by atoms with Gasteiger partial charge in [-0.1, -0.05) is 26.0 Å². The van der Waals surface area contributed by atoms with Crippen molar-refractivity contribution in [2.45, 2.75) is 51.1 Å². The first-order valence-corrected chi connectivity index (χ1v) is 10.4. The molecule has 0 aliphatic heterocycles. The van der Waals surface area contributed by atoms with E-state index in [1.165, 1.54) is 16.7 Å². The van der Waals surface area contributed by atoms with E-state index < -0.39 is 0 Å². The van der Waals surface area contributed by atoms with Gasteiger partial charge in [0.2, 0.25) is 0 Å². The largest absolute Gasteiger partial charge is 0.346 e. The molecule has 2 bridgehead atoms. The summed E-state index contributed by atoms with van der Waals surface area (Å²) in [5.41, 5.74) is 1.99. The Balaban J connectivity index is 1.61. The number of halogens is 1. The first kappa shape index (κ1) is 19.0. The number of aromatic nitrogens is 2. The molecule has 3 fully saturated rings. The second-order valence-electron chi connectivity index (χ2n) is 9.12. The molecule has 1 amide bonds. The van der Waals surface area contributed by atoms with Gasteiger partial charge in [-0.15, -0.1) is 0 Å². The lowest BCUT2D eigenvalue weighted by atomic mass is 9.50. The number of carbonyl (C=O) groups is 1. The van der Waals surface area contributed by atoms with Crippen LogP contribution in [0.15, 0.2) is 47.4 Å². The molecule has 154 valence electrons. The summed E-state index contributed by atoms with van der Waals surface area (Å²) < 4.78 is 14.8. The maximum absolute atomic E-state index is 13.3. The minimum atomic E-state index is -0.374. The summed E-state index contributed by atoms with van der Waals surface area (Å²) >= 11 is 0. The second kappa shape index (κ2) is 6.76. The van der Waals surface area contributed by atoms with Crippen LogP contribution in [0.5, 0.6) is 0 Å². The maximum Gasteiger partial charge on any atom is 0.265 e. The van der Waals surface area contributed by atoms with Crippen LogP contribution in [0, 0.1) is 11.7 Å². The van der Waals surface area contributed by atoms with Crippen molar-refractivity contribution < 1.29 is 9.18 Å². The Bertz CT molecular complexity index is 1200. The van der Waals surface area contributed by atoms with Crippen LogP contribution in [-0.2, 0) is 6.54 Å². The molecule has 3 aromatic rings. The van der Waals surface area contributed by atoms with E-state index in [2.05, 4.69) is 24.1 Å². The van der Waals surface area contributed by atoms with E-state index in [-0.39, 0.29) is 40.8 Å². The average molecular weight is 405 g/mol. The molecule has 3 saturated carbocycles. The van der Waals surface area contributed by atoms with E-state index in [1.807, 2.05) is 6.07 Å². The molecule has 6 rings (SSSR count). The Morgan fingerprint density at radius 2 is 1.93 bits per heavy atom. The van der Waals surface area contributed by atoms with E-state index in [4.69, 9.17) is 0 Å². The van der Waals surface area contributed by atoms with Crippen LogP contribution in [0.2, 0.25) is 0 Å². The highest BCUT2D eigenvalue weighted by Gasteiger charge is 2.57. The second-order valence-corrected chi connectivity index (χ2v) is 9.12. The standard InChI is InChI=1S/C24H24FN3O2/c1-14(2)18-7-17-8-20(22(29)27-24-9-16(10-24)11-24)23(30)28(21(17)26-12-18)13-15-3-5-19(25)6-4-15/h3-8,12,14,16H,9-11,13H2,1-2H3,(H,27,29). The van der Waals surface area contributed by atoms with Gasteiger partial charge in [0.15, 0.2) is 0 Å². The van der Waals surface area contributed by atoms with E-state index >= 15 is 0 Å². The summed E-state index contributed by atoms with van der Waals surface area (Å²) in [6.07, 6.45) is 4.80. The van der Waals surface area contributed by atoms with E-state index in [1.54, 1.807) is 24.4 Å². The van der Waals surface area contributed by atoms with Crippen molar-refractivity contribution in [2.24, 2.45) is 5.92 Å². The smallest absolute Gasteiger partial charge is 0.265 e. The predicted molar refractivity (Wildman–Crippen MR) is 113 cm³/mol. The fraction of sp³-hybridized carbons (Fsp3) is 0.375. The summed E-state index contributed by atoms with van der Waals surface area (Å²) in [6, 6.07) is 9.68. The van der Waals surface area contributed by atoms with E-state index in [0.717, 1.165) is 41.7 Å². The Hall–Kier alpha value is -3.02. The SMILES string of the molecule is CC(C)c1cnc2c(c1)cc(C(=O)NC13CC(C1)C3)c(=O)n2Cc1ccc(F)cc1. The number of hydrogen-bond acceptors (Lipinski definition) is 3. The zero-order chi connectivity index (χ0) is 21.0. The van der Waals surface area contributed by atoms with Gasteiger partial charge in [-0.05, 0) is 66.5 Å². The molecule has 1 N–H and O–H groups in total. The molecule has 3 aliphatic carbocycles. The van der Waals surface area contributed by atoms with Crippen molar-refractivity contribution in [1.82, 2.24) is 14.9 Å². The molecule has 0 spiro atoms. The summed E-state index contributed by atoms with van der Waals surface area (Å²) in [7, 11) is 0. The van der Waals surface area contributed by atoms with E-state index in [9.17, 15) is 14.0 Å². The molecule has 1 aromatic carbocycles. The van der Waals surface area contributed by atoms with Gasteiger partial charge >= 0.3 is 0 Å². The number of benzene rings is 1. The van der Waals surface area contributed by atoms with Gasteiger partial charge in [0, 0.05) is 17.1 Å². The Kier molecular flexibility index (Phi) is 4.27. The van der Waals surface area contributed by atoms with Gasteiger partial charge in [-0.25, -0.2) is 9.37 Å². The fourth-order valence-corrected chi connectivity index (χ4v) is 4.62. The number of carbonyl (C=O) groups excluding carboxylic acids is 1. The van der Waals surface area contributed by atoms with Crippen molar-refractivity contribution in [3.63, 3.8) is 0 Å². The minimum absolute atomic E-state index is 0.108. The quantitative estimate of drug-likeness (QED) is 0.698. The van der Waals surface area contributed by atoms with Crippen LogP contribution in [-0.4, -0.2) is 21.0 Å². The molecule has 3 aliphatic rings. The van der Waals surface area contributed by atoms with Gasteiger partial charge in [0.1, 0.15) is 17.0 Å². The van der Waals surface area contributed by atoms with Crippen LogP contribution >= 0.6 is 0 Å². The third kappa shape index (κ3) is 3.11. The molecule has 0 unspecified atom stereocenters. The summed E-state index contributed by atoms with van der Waals surface area (Å²) in [4.78, 5) is 30.9. The molecule has 0 atom stereocenters. The number of nitrogens with zero attached hydrogens (tertiary/aromatic N) is 2. The van der Waals surface area contributed by atoms with Crippen LogP contribution in [0.1, 0.15) is 60.5 Å². The Labute approximate surface area is 173 Å². The van der Waals surface area contributed by atoms with Gasteiger partial charge in [0.25, 0.3) is 11.5 Å². The van der Waals surface area contributed by atoms with Crippen LogP contribution in [0.4, 0.5) is 4.39 Å². The lowest BCUT2D eigenvalue weighted by Gasteiger charge is -2.61. The number of hydrogen-bond donors (Lipinski definition) is 1. The zero-order valence-corrected chi connectivity index (χ0v) is 17.1. The highest BCUT2D eigenvalue weighted by molar-refractivity contribution is 5.97. The van der Waals surface area contributed by atoms with Crippen molar-refractivity contribution in [3.8, 4) is 0 Å². The monoisotopic (exact) mass is 405 g/mol. The highest BCUT2D eigenvalue weighted by Crippen LogP contribution is 2.56. The summed E-state index contributed by atoms with van der Waals surface area (Å²) in [5.74, 6) is 0.359. The first-order chi connectivity index (χ1) is 14.3. The number of nitrogens with one attached hydrogen (secondary N) is 1. The van der Waals surface area contributed by atoms with Gasteiger partial charge < -0.3 is 5.32 Å². The van der Waals surface area contributed by atoms with Crippen molar-refractivity contribution >= 4 is 16.9 Å². The van der Waals surface area contributed by atoms with Gasteiger partial charge in [0.05, 0.1) is 6.54 Å². The average Bonchev–Trinajstić information content (AvgIpc) is 2.66. The van der Waals surface area contributed by atoms with Crippen LogP contribution in [0.25, 0.3) is 11.0 Å². The summed E-state index contributed by atoms with van der Waals surface area (Å²) in [5, 5.41) is 3.85. The van der Waals surface area contributed by atoms with E-state index in [0.29, 0.717) is 5.65 Å². The summed E-state index contributed by atoms with van der Waals surface area (Å²) in [6.45, 7) is 4.37. The van der Waals surface area contributed by atoms with Gasteiger partial charge in [-0.2, -0.15) is 0 Å². The number of pyridine rings is 2. The molecule has 0 saturated heterocycles. The normalized spacial score (nSPS) is 21.9. The number of rotatable bonds is 5. The molecule has 6 heteroatoms.